The van der Waals surface area contributed by atoms with Crippen LogP contribution in [0.4, 0.5) is 0 Å². The zero-order valence-corrected chi connectivity index (χ0v) is 38.1. The van der Waals surface area contributed by atoms with Crippen LogP contribution in [-0.2, 0) is 40.8 Å². The fourth-order valence-electron chi connectivity index (χ4n) is 5.06. The Balaban J connectivity index is 5.81. The molecule has 7 unspecified atom stereocenters. The lowest BCUT2D eigenvalue weighted by atomic mass is 10.1. The first kappa shape index (κ1) is 50.5. The minimum atomic E-state index is -3.85. The molecule has 0 amide bonds. The Hall–Kier alpha value is 1.46. The SMILES string of the molecule is CC(C)CC(C)OP(=O)(OC(C)CC(C)C)SCC(C)OP(=O)(OC(C)CSP(=O)(OC(C)CC(C)C)OC(C)CC(C)C)SCC(C)O. The Morgan fingerprint density at radius 2 is 0.592 bits per heavy atom. The highest BCUT2D eigenvalue weighted by molar-refractivity contribution is 8.56. The summed E-state index contributed by atoms with van der Waals surface area (Å²) in [6.07, 6.45) is -0.279. The fourth-order valence-corrected chi connectivity index (χ4v) is 17.5. The fraction of sp³-hybridized carbons (Fsp3) is 1.00. The van der Waals surface area contributed by atoms with E-state index in [1.165, 1.54) is 0 Å². The van der Waals surface area contributed by atoms with Gasteiger partial charge in [-0.25, -0.2) is 13.7 Å². The Morgan fingerprint density at radius 3 is 0.796 bits per heavy atom. The summed E-state index contributed by atoms with van der Waals surface area (Å²) in [5.41, 5.74) is 0. The molecule has 0 spiro atoms. The van der Waals surface area contributed by atoms with Crippen LogP contribution >= 0.6 is 54.5 Å². The number of hydrogen-bond donors (Lipinski definition) is 1. The first-order valence-corrected chi connectivity index (χ1v) is 27.3. The van der Waals surface area contributed by atoms with Crippen LogP contribution in [0.15, 0.2) is 0 Å². The minimum Gasteiger partial charge on any atom is -0.393 e. The maximum absolute atomic E-state index is 14.1. The molecule has 0 heterocycles. The third kappa shape index (κ3) is 26.0. The largest absolute Gasteiger partial charge is 0.393 e. The Labute approximate surface area is 312 Å². The van der Waals surface area contributed by atoms with Gasteiger partial charge in [-0.2, -0.15) is 0 Å². The molecule has 0 bridgehead atoms. The van der Waals surface area contributed by atoms with Gasteiger partial charge in [0.15, 0.2) is 0 Å². The van der Waals surface area contributed by atoms with Gasteiger partial charge in [0.05, 0.1) is 42.7 Å². The lowest BCUT2D eigenvalue weighted by Gasteiger charge is -2.29. The summed E-state index contributed by atoms with van der Waals surface area (Å²) in [5, 5.41) is 9.99. The van der Waals surface area contributed by atoms with Crippen LogP contribution < -0.4 is 0 Å². The highest BCUT2D eigenvalue weighted by Crippen LogP contribution is 2.67. The molecule has 0 radical (unpaired) electrons. The maximum atomic E-state index is 14.1. The molecule has 296 valence electrons. The van der Waals surface area contributed by atoms with Crippen molar-refractivity contribution in [2.24, 2.45) is 23.7 Å². The van der Waals surface area contributed by atoms with Crippen molar-refractivity contribution in [2.45, 2.75) is 172 Å². The van der Waals surface area contributed by atoms with Crippen molar-refractivity contribution in [1.29, 1.82) is 0 Å². The Morgan fingerprint density at radius 1 is 0.388 bits per heavy atom. The number of aliphatic hydroxyl groups excluding tert-OH is 1. The molecule has 49 heavy (non-hydrogen) atoms. The average Bonchev–Trinajstić information content (AvgIpc) is 2.87. The second kappa shape index (κ2) is 24.8. The summed E-state index contributed by atoms with van der Waals surface area (Å²) in [4.78, 5) is 0. The molecule has 0 aromatic heterocycles. The van der Waals surface area contributed by atoms with E-state index >= 15 is 0 Å². The van der Waals surface area contributed by atoms with E-state index in [0.29, 0.717) is 23.7 Å². The van der Waals surface area contributed by atoms with Crippen molar-refractivity contribution in [2.75, 3.05) is 17.3 Å². The van der Waals surface area contributed by atoms with E-state index in [1.54, 1.807) is 20.8 Å². The Kier molecular flexibility index (Phi) is 25.5. The molecule has 0 aromatic carbocycles. The van der Waals surface area contributed by atoms with E-state index in [1.807, 2.05) is 27.7 Å². The van der Waals surface area contributed by atoms with Crippen LogP contribution in [0.5, 0.6) is 0 Å². The molecule has 7 atom stereocenters. The summed E-state index contributed by atoms with van der Waals surface area (Å²) in [5.74, 6) is 1.89. The van der Waals surface area contributed by atoms with Crippen LogP contribution in [-0.4, -0.2) is 65.1 Å². The van der Waals surface area contributed by atoms with E-state index in [-0.39, 0.29) is 41.7 Å². The summed E-state index contributed by atoms with van der Waals surface area (Å²) < 4.78 is 78.3. The molecule has 0 fully saturated rings. The average molecular weight is 817 g/mol. The van der Waals surface area contributed by atoms with Crippen LogP contribution in [0, 0.1) is 23.7 Å². The summed E-state index contributed by atoms with van der Waals surface area (Å²) in [6.45, 7) is 18.2. The van der Waals surface area contributed by atoms with Crippen LogP contribution in [0.2, 0.25) is 0 Å². The molecular weight excluding hydrogens is 745 g/mol. The van der Waals surface area contributed by atoms with E-state index in [4.69, 9.17) is 27.1 Å². The molecule has 16 heteroatoms. The van der Waals surface area contributed by atoms with Crippen molar-refractivity contribution in [3.05, 3.63) is 0 Å². The number of aliphatic hydroxyl groups is 1. The van der Waals surface area contributed by atoms with Crippen molar-refractivity contribution in [1.82, 2.24) is 0 Å². The van der Waals surface area contributed by atoms with Gasteiger partial charge in [-0.1, -0.05) is 55.4 Å². The quantitative estimate of drug-likeness (QED) is 0.0720. The molecular formula is C33H71O10P3S3. The zero-order chi connectivity index (χ0) is 38.2. The second-order valence-electron chi connectivity index (χ2n) is 15.1. The second-order valence-corrected chi connectivity index (χ2v) is 27.2. The monoisotopic (exact) mass is 816 g/mol. The first-order chi connectivity index (χ1) is 22.4. The molecule has 0 aliphatic carbocycles. The predicted octanol–water partition coefficient (Wildman–Crippen LogP) is 12.5. The highest BCUT2D eigenvalue weighted by atomic mass is 32.7. The molecule has 0 saturated heterocycles. The third-order valence-electron chi connectivity index (χ3n) is 6.48. The van der Waals surface area contributed by atoms with Gasteiger partial charge >= 0.3 is 20.4 Å². The van der Waals surface area contributed by atoms with E-state index in [0.717, 1.165) is 59.8 Å². The normalized spacial score (nSPS) is 20.8. The van der Waals surface area contributed by atoms with Gasteiger partial charge in [-0.05, 0) is 132 Å². The Bertz CT molecular complexity index is 920. The molecule has 0 aromatic rings. The van der Waals surface area contributed by atoms with Crippen LogP contribution in [0.25, 0.3) is 0 Å². The van der Waals surface area contributed by atoms with Crippen molar-refractivity contribution < 1.29 is 45.9 Å². The molecule has 1 N–H and O–H groups in total. The summed E-state index contributed by atoms with van der Waals surface area (Å²) in [7, 11) is 0. The van der Waals surface area contributed by atoms with Gasteiger partial charge in [0, 0.05) is 17.3 Å². The van der Waals surface area contributed by atoms with Gasteiger partial charge in [0.25, 0.3) is 0 Å². The third-order valence-corrected chi connectivity index (χ3v) is 18.7. The van der Waals surface area contributed by atoms with Crippen LogP contribution in [0.1, 0.15) is 130 Å². The van der Waals surface area contributed by atoms with Crippen molar-refractivity contribution in [3.8, 4) is 0 Å². The molecule has 10 nitrogen and oxygen atoms in total. The number of hydrogen-bond acceptors (Lipinski definition) is 13. The molecule has 0 rings (SSSR count). The lowest BCUT2D eigenvalue weighted by molar-refractivity contribution is 0.118. The van der Waals surface area contributed by atoms with Gasteiger partial charge in [-0.15, -0.1) is 0 Å². The minimum absolute atomic E-state index is 0.116. The number of rotatable bonds is 29. The predicted molar refractivity (Wildman–Crippen MR) is 213 cm³/mol. The van der Waals surface area contributed by atoms with E-state index in [9.17, 15) is 18.8 Å². The smallest absolute Gasteiger partial charge is 0.389 e. The molecule has 0 saturated carbocycles. The topological polar surface area (TPSA) is 127 Å². The van der Waals surface area contributed by atoms with Gasteiger partial charge in [-0.3, -0.25) is 27.1 Å². The lowest BCUT2D eigenvalue weighted by Crippen LogP contribution is -2.18. The van der Waals surface area contributed by atoms with E-state index < -0.39 is 38.7 Å². The zero-order valence-electron chi connectivity index (χ0n) is 33.0. The van der Waals surface area contributed by atoms with E-state index in [2.05, 4.69) is 55.4 Å². The van der Waals surface area contributed by atoms with Gasteiger partial charge in [0.1, 0.15) is 0 Å². The van der Waals surface area contributed by atoms with Gasteiger partial charge in [0.2, 0.25) is 0 Å². The standard InChI is InChI=1S/C33H71O10P3S3/c1-23(2)16-28(10)38-44(35,39-29(11)17-24(3)4)48-21-32(14)42-46(37,47-20-27(9)34)43-33(15)22-49-45(36,40-30(12)18-25(5)6)41-31(13)19-26(7)8/h23-34H,16-22H2,1-15H3. The summed E-state index contributed by atoms with van der Waals surface area (Å²) >= 11 is 2.98. The molecule has 0 aliphatic rings. The molecule has 0 aliphatic heterocycles. The van der Waals surface area contributed by atoms with Crippen molar-refractivity contribution in [3.63, 3.8) is 0 Å². The van der Waals surface area contributed by atoms with Crippen molar-refractivity contribution >= 4 is 54.5 Å². The highest BCUT2D eigenvalue weighted by Gasteiger charge is 2.37. The van der Waals surface area contributed by atoms with Crippen LogP contribution in [0.3, 0.4) is 0 Å². The van der Waals surface area contributed by atoms with Gasteiger partial charge < -0.3 is 5.11 Å². The maximum Gasteiger partial charge on any atom is 0.389 e. The summed E-state index contributed by atoms with van der Waals surface area (Å²) in [6, 6.07) is 0. The first-order valence-electron chi connectivity index (χ1n) is 17.9.